The Hall–Kier alpha value is -3.50. The molecule has 0 fully saturated rings. The van der Waals surface area contributed by atoms with Crippen molar-refractivity contribution >= 4 is 35.2 Å². The van der Waals surface area contributed by atoms with Crippen molar-refractivity contribution in [1.29, 1.82) is 5.26 Å². The number of amides is 1. The first-order valence-corrected chi connectivity index (χ1v) is 8.48. The van der Waals surface area contributed by atoms with E-state index in [1.165, 1.54) is 19.3 Å². The van der Waals surface area contributed by atoms with Gasteiger partial charge in [-0.25, -0.2) is 4.79 Å². The minimum Gasteiger partial charge on any atom is -0.493 e. The number of anilines is 1. The number of hydrogen-bond donors (Lipinski definition) is 1. The molecule has 0 aromatic heterocycles. The van der Waals surface area contributed by atoms with Crippen LogP contribution in [0.1, 0.15) is 5.56 Å². The number of rotatable bonds is 8. The van der Waals surface area contributed by atoms with E-state index in [9.17, 15) is 9.59 Å². The van der Waals surface area contributed by atoms with Gasteiger partial charge in [-0.3, -0.25) is 4.79 Å². The van der Waals surface area contributed by atoms with Crippen molar-refractivity contribution in [3.8, 4) is 17.6 Å². The van der Waals surface area contributed by atoms with Gasteiger partial charge in [-0.15, -0.1) is 0 Å². The van der Waals surface area contributed by atoms with Crippen molar-refractivity contribution in [2.24, 2.45) is 0 Å². The predicted octanol–water partition coefficient (Wildman–Crippen LogP) is 3.45. The van der Waals surface area contributed by atoms with Gasteiger partial charge in [0.2, 0.25) is 0 Å². The van der Waals surface area contributed by atoms with Crippen molar-refractivity contribution in [3.63, 3.8) is 0 Å². The molecule has 1 amide bonds. The number of hydrogen-bond acceptors (Lipinski definition) is 6. The topological polar surface area (TPSA) is 97.7 Å². The maximum Gasteiger partial charge on any atom is 0.331 e. The van der Waals surface area contributed by atoms with E-state index in [0.29, 0.717) is 27.8 Å². The molecule has 0 atom stereocenters. The van der Waals surface area contributed by atoms with Crippen LogP contribution in [0.25, 0.3) is 6.08 Å². The van der Waals surface area contributed by atoms with Crippen LogP contribution < -0.4 is 14.8 Å². The average Bonchev–Trinajstić information content (AvgIpc) is 2.71. The molecular formula is C20H17ClN2O5. The summed E-state index contributed by atoms with van der Waals surface area (Å²) in [7, 11) is 1.47. The van der Waals surface area contributed by atoms with Gasteiger partial charge < -0.3 is 19.5 Å². The lowest BCUT2D eigenvalue weighted by Crippen LogP contribution is -2.20. The fourth-order valence-electron chi connectivity index (χ4n) is 2.12. The van der Waals surface area contributed by atoms with Gasteiger partial charge in [-0.1, -0.05) is 29.8 Å². The molecule has 0 spiro atoms. The van der Waals surface area contributed by atoms with Gasteiger partial charge in [0.05, 0.1) is 17.8 Å². The third kappa shape index (κ3) is 6.34. The van der Waals surface area contributed by atoms with Gasteiger partial charge in [0.25, 0.3) is 5.91 Å². The fraction of sp³-hybridized carbons (Fsp3) is 0.150. The summed E-state index contributed by atoms with van der Waals surface area (Å²) in [6.07, 6.45) is 2.69. The number of para-hydroxylation sites is 1. The normalized spacial score (nSPS) is 10.2. The second kappa shape index (κ2) is 10.6. The summed E-state index contributed by atoms with van der Waals surface area (Å²) < 4.78 is 15.3. The van der Waals surface area contributed by atoms with Crippen LogP contribution in [0, 0.1) is 11.3 Å². The minimum atomic E-state index is -0.682. The highest BCUT2D eigenvalue weighted by molar-refractivity contribution is 6.33. The Morgan fingerprint density at radius 2 is 2.00 bits per heavy atom. The molecule has 7 nitrogen and oxygen atoms in total. The zero-order valence-electron chi connectivity index (χ0n) is 15.0. The van der Waals surface area contributed by atoms with Crippen LogP contribution in [0.2, 0.25) is 5.02 Å². The Kier molecular flexibility index (Phi) is 7.88. The largest absolute Gasteiger partial charge is 0.493 e. The van der Waals surface area contributed by atoms with Gasteiger partial charge in [-0.05, 0) is 35.9 Å². The number of methoxy groups -OCH3 is 1. The summed E-state index contributed by atoms with van der Waals surface area (Å²) in [4.78, 5) is 23.6. The monoisotopic (exact) mass is 400 g/mol. The Bertz CT molecular complexity index is 921. The molecule has 2 aromatic rings. The quantitative estimate of drug-likeness (QED) is 0.538. The number of halogens is 1. The second-order valence-corrected chi connectivity index (χ2v) is 5.73. The van der Waals surface area contributed by atoms with E-state index in [1.54, 1.807) is 42.5 Å². The van der Waals surface area contributed by atoms with Crippen molar-refractivity contribution in [3.05, 3.63) is 59.1 Å². The summed E-state index contributed by atoms with van der Waals surface area (Å²) in [5.74, 6) is -0.349. The molecule has 0 radical (unpaired) electrons. The highest BCUT2D eigenvalue weighted by Crippen LogP contribution is 2.28. The van der Waals surface area contributed by atoms with Crippen molar-refractivity contribution < 1.29 is 23.8 Å². The van der Waals surface area contributed by atoms with Gasteiger partial charge in [0.1, 0.15) is 6.07 Å². The van der Waals surface area contributed by atoms with Gasteiger partial charge in [0, 0.05) is 6.08 Å². The van der Waals surface area contributed by atoms with Gasteiger partial charge in [-0.2, -0.15) is 5.26 Å². The molecule has 0 aliphatic heterocycles. The Morgan fingerprint density at radius 3 is 2.71 bits per heavy atom. The molecule has 2 rings (SSSR count). The summed E-state index contributed by atoms with van der Waals surface area (Å²) in [5, 5.41) is 11.5. The van der Waals surface area contributed by atoms with Crippen molar-refractivity contribution in [1.82, 2.24) is 0 Å². The van der Waals surface area contributed by atoms with Gasteiger partial charge in [0.15, 0.2) is 24.7 Å². The van der Waals surface area contributed by atoms with E-state index >= 15 is 0 Å². The zero-order chi connectivity index (χ0) is 20.4. The third-order valence-electron chi connectivity index (χ3n) is 3.39. The number of carbonyl (C=O) groups is 2. The first-order chi connectivity index (χ1) is 13.5. The van der Waals surface area contributed by atoms with E-state index in [4.69, 9.17) is 31.1 Å². The van der Waals surface area contributed by atoms with Crippen LogP contribution in [0.15, 0.2) is 48.5 Å². The van der Waals surface area contributed by atoms with Crippen LogP contribution in [0.5, 0.6) is 11.5 Å². The number of ether oxygens (including phenoxy) is 3. The summed E-state index contributed by atoms with van der Waals surface area (Å²) >= 11 is 5.94. The Balaban J connectivity index is 1.88. The molecule has 0 heterocycles. The van der Waals surface area contributed by atoms with Crippen molar-refractivity contribution in [2.45, 2.75) is 0 Å². The summed E-state index contributed by atoms with van der Waals surface area (Å²) in [5.41, 5.74) is 1.09. The summed E-state index contributed by atoms with van der Waals surface area (Å²) in [6.45, 7) is -0.549. The zero-order valence-corrected chi connectivity index (χ0v) is 15.7. The predicted molar refractivity (Wildman–Crippen MR) is 104 cm³/mol. The molecule has 2 aromatic carbocycles. The number of nitriles is 1. The number of esters is 1. The molecule has 144 valence electrons. The first-order valence-electron chi connectivity index (χ1n) is 8.10. The van der Waals surface area contributed by atoms with Crippen LogP contribution >= 0.6 is 11.6 Å². The average molecular weight is 401 g/mol. The second-order valence-electron chi connectivity index (χ2n) is 5.33. The fourth-order valence-corrected chi connectivity index (χ4v) is 2.30. The molecule has 8 heteroatoms. The Morgan fingerprint density at radius 1 is 1.21 bits per heavy atom. The summed E-state index contributed by atoms with van der Waals surface area (Å²) in [6, 6.07) is 13.6. The number of benzene rings is 2. The molecular weight excluding hydrogens is 384 g/mol. The van der Waals surface area contributed by atoms with E-state index < -0.39 is 18.5 Å². The molecule has 1 N–H and O–H groups in total. The van der Waals surface area contributed by atoms with Crippen molar-refractivity contribution in [2.75, 3.05) is 25.6 Å². The van der Waals surface area contributed by atoms with Crippen LogP contribution in [-0.4, -0.2) is 32.2 Å². The molecule has 0 saturated heterocycles. The highest BCUT2D eigenvalue weighted by Gasteiger charge is 2.08. The number of nitrogens with one attached hydrogen (secondary N) is 1. The maximum absolute atomic E-state index is 11.8. The lowest BCUT2D eigenvalue weighted by atomic mass is 10.2. The minimum absolute atomic E-state index is 0.103. The maximum atomic E-state index is 11.8. The smallest absolute Gasteiger partial charge is 0.331 e. The number of carbonyl (C=O) groups excluding carboxylic acids is 2. The molecule has 0 unspecified atom stereocenters. The highest BCUT2D eigenvalue weighted by atomic mass is 35.5. The molecule has 0 saturated carbocycles. The van der Waals surface area contributed by atoms with Gasteiger partial charge >= 0.3 is 5.97 Å². The molecule has 28 heavy (non-hydrogen) atoms. The van der Waals surface area contributed by atoms with E-state index in [0.717, 1.165) is 0 Å². The standard InChI is InChI=1S/C20H17ClN2O5/c1-26-18-12-14(6-8-17(18)27-11-10-22)7-9-20(25)28-13-19(24)23-16-5-3-2-4-15(16)21/h2-9,12H,11,13H2,1H3,(H,23,24)/b9-7+. The van der Waals surface area contributed by atoms with E-state index in [1.807, 2.05) is 6.07 Å². The van der Waals surface area contributed by atoms with Crippen LogP contribution in [0.3, 0.4) is 0 Å². The lowest BCUT2D eigenvalue weighted by Gasteiger charge is -2.09. The van der Waals surface area contributed by atoms with Crippen LogP contribution in [-0.2, 0) is 14.3 Å². The molecule has 0 aliphatic carbocycles. The van der Waals surface area contributed by atoms with E-state index in [2.05, 4.69) is 5.32 Å². The number of nitrogens with zero attached hydrogens (tertiary/aromatic N) is 1. The first kappa shape index (κ1) is 20.8. The molecule has 0 bridgehead atoms. The SMILES string of the molecule is COc1cc(/C=C/C(=O)OCC(=O)Nc2ccccc2Cl)ccc1OCC#N. The third-order valence-corrected chi connectivity index (χ3v) is 3.71. The lowest BCUT2D eigenvalue weighted by molar-refractivity contribution is -0.142. The van der Waals surface area contributed by atoms with E-state index in [-0.39, 0.29) is 6.61 Å². The Labute approximate surface area is 167 Å². The molecule has 0 aliphatic rings. The van der Waals surface area contributed by atoms with Crippen LogP contribution in [0.4, 0.5) is 5.69 Å².